The minimum absolute atomic E-state index is 0.0277. The number of fused-ring (bicyclic) bond motifs is 4. The molecule has 1 aliphatic carbocycles. The van der Waals surface area contributed by atoms with E-state index in [2.05, 4.69) is 5.32 Å². The zero-order valence-electron chi connectivity index (χ0n) is 24.0. The number of methoxy groups -OCH3 is 1. The van der Waals surface area contributed by atoms with E-state index in [0.717, 1.165) is 11.1 Å². The summed E-state index contributed by atoms with van der Waals surface area (Å²) in [6.07, 6.45) is -0.183. The third-order valence-corrected chi connectivity index (χ3v) is 8.15. The Kier molecular flexibility index (Phi) is 8.19. The molecule has 0 unspecified atom stereocenters. The molecule has 4 aromatic rings. The molecule has 10 nitrogen and oxygen atoms in total. The number of amides is 2. The van der Waals surface area contributed by atoms with Crippen molar-refractivity contribution in [2.45, 2.75) is 30.6 Å². The van der Waals surface area contributed by atoms with E-state index in [-0.39, 0.29) is 25.3 Å². The fourth-order valence-corrected chi connectivity index (χ4v) is 6.02. The first kappa shape index (κ1) is 29.2. The van der Waals surface area contributed by atoms with Crippen LogP contribution in [0.25, 0.3) is 11.0 Å². The number of nitrogens with zero attached hydrogens (tertiary/aromatic N) is 1. The van der Waals surface area contributed by atoms with Crippen LogP contribution >= 0.6 is 0 Å². The molecule has 0 fully saturated rings. The summed E-state index contributed by atoms with van der Waals surface area (Å²) in [6.45, 7) is -0.137. The van der Waals surface area contributed by atoms with Gasteiger partial charge in [-0.3, -0.25) is 9.59 Å². The van der Waals surface area contributed by atoms with Crippen molar-refractivity contribution in [3.05, 3.63) is 118 Å². The number of para-hydroxylation sites is 2. The van der Waals surface area contributed by atoms with Crippen LogP contribution < -0.4 is 20.4 Å². The quantitative estimate of drug-likeness (QED) is 0.251. The summed E-state index contributed by atoms with van der Waals surface area (Å²) in [5.41, 5.74) is 1.25. The Hall–Kier alpha value is -4.93. The number of aliphatic hydroxyl groups excluding tert-OH is 2. The minimum atomic E-state index is -1.25. The molecular formula is C34H32N2O8. The first-order chi connectivity index (χ1) is 21.4. The fourth-order valence-electron chi connectivity index (χ4n) is 6.02. The van der Waals surface area contributed by atoms with Gasteiger partial charge in [-0.1, -0.05) is 48.5 Å². The number of hydrogen-bond acceptors (Lipinski definition) is 8. The average molecular weight is 597 g/mol. The number of rotatable bonds is 9. The minimum Gasteiger partial charge on any atom is -0.497 e. The number of benzene rings is 3. The van der Waals surface area contributed by atoms with Crippen molar-refractivity contribution in [1.82, 2.24) is 10.2 Å². The van der Waals surface area contributed by atoms with Gasteiger partial charge in [-0.15, -0.1) is 0 Å². The van der Waals surface area contributed by atoms with Crippen LogP contribution in [0.15, 0.2) is 99.7 Å². The van der Waals surface area contributed by atoms with E-state index < -0.39 is 41.6 Å². The third kappa shape index (κ3) is 5.45. The highest BCUT2D eigenvalue weighted by molar-refractivity contribution is 5.98. The molecule has 6 rings (SSSR count). The molecule has 1 aliphatic heterocycles. The van der Waals surface area contributed by atoms with E-state index in [9.17, 15) is 24.6 Å². The van der Waals surface area contributed by atoms with Crippen molar-refractivity contribution in [1.29, 1.82) is 0 Å². The van der Waals surface area contributed by atoms with Crippen LogP contribution in [0.1, 0.15) is 27.4 Å². The van der Waals surface area contributed by atoms with Crippen LogP contribution in [0.5, 0.6) is 11.5 Å². The molecule has 10 heteroatoms. The monoisotopic (exact) mass is 596 g/mol. The summed E-state index contributed by atoms with van der Waals surface area (Å²) in [5.74, 6) is -0.519. The van der Waals surface area contributed by atoms with Crippen molar-refractivity contribution < 1.29 is 33.7 Å². The molecule has 3 aromatic carbocycles. The standard InChI is InChI=1S/C34H32N2O8/c1-42-22-9-6-7-20(17-22)13-15-36(33(40)25-18-21-8-2-4-11-27(21)44-34(25)41)26-19-24(32(39)35-14-16-37)29-23-10-3-5-12-28(23)43-31(29)30(26)38/h2-12,17-19,26,29-31,37-38H,13-16H2,1H3,(H,35,39)/t26-,29+,30+,31+/m1/s1. The van der Waals surface area contributed by atoms with Gasteiger partial charge in [0.25, 0.3) is 5.91 Å². The molecule has 2 aliphatic rings. The van der Waals surface area contributed by atoms with Crippen LogP contribution in [0.3, 0.4) is 0 Å². The number of ether oxygens (including phenoxy) is 2. The SMILES string of the molecule is COc1cccc(CCN(C(=O)c2cc3ccccc3oc2=O)[C@@H]2C=C(C(=O)NCCO)[C@@H]3c4ccccc4O[C@@H]3[C@H]2O)c1. The van der Waals surface area contributed by atoms with Gasteiger partial charge in [0.15, 0.2) is 0 Å². The van der Waals surface area contributed by atoms with Crippen LogP contribution in [0.4, 0.5) is 0 Å². The Bertz CT molecular complexity index is 1800. The lowest BCUT2D eigenvalue weighted by molar-refractivity contribution is -0.118. The molecular weight excluding hydrogens is 564 g/mol. The zero-order valence-corrected chi connectivity index (χ0v) is 24.0. The lowest BCUT2D eigenvalue weighted by atomic mass is 9.77. The molecule has 1 aromatic heterocycles. The van der Waals surface area contributed by atoms with Crippen LogP contribution in [-0.2, 0) is 11.2 Å². The van der Waals surface area contributed by atoms with Gasteiger partial charge >= 0.3 is 5.63 Å². The van der Waals surface area contributed by atoms with E-state index in [4.69, 9.17) is 13.9 Å². The highest BCUT2D eigenvalue weighted by Crippen LogP contribution is 2.47. The highest BCUT2D eigenvalue weighted by atomic mass is 16.5. The molecule has 0 radical (unpaired) electrons. The van der Waals surface area contributed by atoms with Gasteiger partial charge in [-0.05, 0) is 48.4 Å². The third-order valence-electron chi connectivity index (χ3n) is 8.15. The van der Waals surface area contributed by atoms with Gasteiger partial charge in [0, 0.05) is 29.6 Å². The van der Waals surface area contributed by atoms with Crippen molar-refractivity contribution in [2.75, 3.05) is 26.8 Å². The van der Waals surface area contributed by atoms with Crippen LogP contribution in [0, 0.1) is 0 Å². The van der Waals surface area contributed by atoms with Gasteiger partial charge in [-0.2, -0.15) is 0 Å². The maximum atomic E-state index is 14.3. The summed E-state index contributed by atoms with van der Waals surface area (Å²) in [6, 6.07) is 22.0. The molecule has 3 N–H and O–H groups in total. The van der Waals surface area contributed by atoms with Gasteiger partial charge in [0.2, 0.25) is 5.91 Å². The second kappa shape index (κ2) is 12.4. The number of carbonyl (C=O) groups excluding carboxylic acids is 2. The predicted octanol–water partition coefficient (Wildman–Crippen LogP) is 2.81. The summed E-state index contributed by atoms with van der Waals surface area (Å²) in [5, 5.41) is 24.4. The largest absolute Gasteiger partial charge is 0.497 e. The Labute approximate surface area is 253 Å². The Morgan fingerprint density at radius 3 is 2.64 bits per heavy atom. The predicted molar refractivity (Wildman–Crippen MR) is 162 cm³/mol. The van der Waals surface area contributed by atoms with Gasteiger partial charge in [0.05, 0.1) is 25.7 Å². The van der Waals surface area contributed by atoms with E-state index in [1.54, 1.807) is 49.6 Å². The van der Waals surface area contributed by atoms with Crippen molar-refractivity contribution in [2.24, 2.45) is 0 Å². The normalized spacial score (nSPS) is 20.2. The molecule has 226 valence electrons. The zero-order chi connectivity index (χ0) is 30.8. The first-order valence-corrected chi connectivity index (χ1v) is 14.4. The topological polar surface area (TPSA) is 139 Å². The van der Waals surface area contributed by atoms with Crippen molar-refractivity contribution >= 4 is 22.8 Å². The smallest absolute Gasteiger partial charge is 0.349 e. The van der Waals surface area contributed by atoms with E-state index in [1.807, 2.05) is 36.4 Å². The molecule has 0 saturated heterocycles. The van der Waals surface area contributed by atoms with Crippen molar-refractivity contribution in [3.63, 3.8) is 0 Å². The summed E-state index contributed by atoms with van der Waals surface area (Å²) < 4.78 is 17.0. The Morgan fingerprint density at radius 1 is 1.02 bits per heavy atom. The van der Waals surface area contributed by atoms with Gasteiger partial charge in [0.1, 0.15) is 34.9 Å². The molecule has 4 atom stereocenters. The summed E-state index contributed by atoms with van der Waals surface area (Å²) >= 11 is 0. The second-order valence-corrected chi connectivity index (χ2v) is 10.8. The Morgan fingerprint density at radius 2 is 1.82 bits per heavy atom. The number of nitrogens with one attached hydrogen (secondary N) is 1. The lowest BCUT2D eigenvalue weighted by Crippen LogP contribution is -2.56. The van der Waals surface area contributed by atoms with E-state index >= 15 is 0 Å². The Balaban J connectivity index is 1.44. The molecule has 2 heterocycles. The highest BCUT2D eigenvalue weighted by Gasteiger charge is 2.50. The molecule has 2 amide bonds. The van der Waals surface area contributed by atoms with Crippen LogP contribution in [0.2, 0.25) is 0 Å². The fraction of sp³-hybridized carbons (Fsp3) is 0.265. The van der Waals surface area contributed by atoms with Gasteiger partial charge in [-0.25, -0.2) is 4.79 Å². The second-order valence-electron chi connectivity index (χ2n) is 10.8. The van der Waals surface area contributed by atoms with Gasteiger partial charge < -0.3 is 34.3 Å². The summed E-state index contributed by atoms with van der Waals surface area (Å²) in [4.78, 5) is 42.2. The maximum absolute atomic E-state index is 14.3. The number of carbonyl (C=O) groups is 2. The molecule has 44 heavy (non-hydrogen) atoms. The maximum Gasteiger partial charge on any atom is 0.349 e. The molecule has 0 spiro atoms. The van der Waals surface area contributed by atoms with E-state index in [1.165, 1.54) is 11.0 Å². The molecule has 0 bridgehead atoms. The first-order valence-electron chi connectivity index (χ1n) is 14.4. The number of hydrogen-bond donors (Lipinski definition) is 3. The summed E-state index contributed by atoms with van der Waals surface area (Å²) in [7, 11) is 1.57. The van der Waals surface area contributed by atoms with E-state index in [0.29, 0.717) is 34.5 Å². The lowest BCUT2D eigenvalue weighted by Gasteiger charge is -2.40. The molecule has 0 saturated carbocycles. The van der Waals surface area contributed by atoms with Crippen molar-refractivity contribution in [3.8, 4) is 11.5 Å². The van der Waals surface area contributed by atoms with Crippen LogP contribution in [-0.4, -0.2) is 72.0 Å². The average Bonchev–Trinajstić information content (AvgIpc) is 3.44. The number of aliphatic hydroxyl groups is 2.